The summed E-state index contributed by atoms with van der Waals surface area (Å²) in [6.45, 7) is 6.35. The maximum Gasteiger partial charge on any atom is 0.263 e. The molecule has 0 aromatic carbocycles. The number of nitrogens with one attached hydrogen (secondary N) is 1. The van der Waals surface area contributed by atoms with Crippen molar-refractivity contribution >= 4 is 39.0 Å². The minimum atomic E-state index is -0.214. The van der Waals surface area contributed by atoms with Crippen LogP contribution < -0.4 is 21.7 Å². The molecule has 1 aliphatic carbocycles. The molecule has 3 aliphatic rings. The Bertz CT molecular complexity index is 1310. The molecule has 1 amide bonds. The average Bonchev–Trinajstić information content (AvgIpc) is 3.52. The van der Waals surface area contributed by atoms with Crippen LogP contribution in [-0.2, 0) is 17.6 Å². The first-order valence-corrected chi connectivity index (χ1v) is 13.2. The molecule has 184 valence electrons. The van der Waals surface area contributed by atoms with Gasteiger partial charge in [-0.2, -0.15) is 0 Å². The smallest absolute Gasteiger partial charge is 0.263 e. The molecule has 8 nitrogen and oxygen atoms in total. The van der Waals surface area contributed by atoms with Crippen LogP contribution in [0.5, 0.6) is 0 Å². The lowest BCUT2D eigenvalue weighted by molar-refractivity contribution is 0.0108. The predicted octanol–water partition coefficient (Wildman–Crippen LogP) is 2.87. The van der Waals surface area contributed by atoms with Crippen LogP contribution in [0, 0.1) is 13.8 Å². The summed E-state index contributed by atoms with van der Waals surface area (Å²) >= 11 is 1.37. The molecule has 3 aromatic rings. The number of anilines is 2. The summed E-state index contributed by atoms with van der Waals surface area (Å²) < 4.78 is 6.06. The maximum atomic E-state index is 13.1. The van der Waals surface area contributed by atoms with E-state index >= 15 is 0 Å². The fraction of sp³-hybridized carbons (Fsp3) is 0.500. The van der Waals surface area contributed by atoms with Gasteiger partial charge >= 0.3 is 0 Å². The van der Waals surface area contributed by atoms with Crippen LogP contribution in [0.1, 0.15) is 51.4 Å². The summed E-state index contributed by atoms with van der Waals surface area (Å²) in [5, 5.41) is 4.10. The van der Waals surface area contributed by atoms with Gasteiger partial charge in [-0.05, 0) is 69.2 Å². The van der Waals surface area contributed by atoms with Gasteiger partial charge in [-0.25, -0.2) is 9.97 Å². The van der Waals surface area contributed by atoms with E-state index in [2.05, 4.69) is 27.3 Å². The van der Waals surface area contributed by atoms with Crippen LogP contribution in [0.25, 0.3) is 10.2 Å². The number of rotatable bonds is 3. The first-order chi connectivity index (χ1) is 16.8. The van der Waals surface area contributed by atoms with Gasteiger partial charge in [0.2, 0.25) is 0 Å². The number of thiophene rings is 1. The van der Waals surface area contributed by atoms with Crippen LogP contribution >= 0.6 is 11.3 Å². The standard InChI is InChI=1S/C26H32N6O2S/c1-14-10-15(2)29-25-21(14)22(28)23(35-25)24(33)30-17-5-6-18-16(11-17)4-7-20(31-18)32-12-19(27)26(13-32)8-3-9-34-26/h4,7,10,17,19H,3,5-6,8-9,11-13,27-28H2,1-2H3,(H,30,33). The molecule has 9 heteroatoms. The van der Waals surface area contributed by atoms with Gasteiger partial charge in [0.05, 0.1) is 18.3 Å². The summed E-state index contributed by atoms with van der Waals surface area (Å²) in [5.41, 5.74) is 17.4. The van der Waals surface area contributed by atoms with Gasteiger partial charge < -0.3 is 26.4 Å². The van der Waals surface area contributed by atoms with Crippen molar-refractivity contribution in [1.29, 1.82) is 0 Å². The lowest BCUT2D eigenvalue weighted by Gasteiger charge is -2.28. The van der Waals surface area contributed by atoms with Crippen LogP contribution in [-0.4, -0.2) is 53.3 Å². The Balaban J connectivity index is 1.16. The molecule has 0 bridgehead atoms. The van der Waals surface area contributed by atoms with Crippen LogP contribution in [0.4, 0.5) is 11.5 Å². The minimum Gasteiger partial charge on any atom is -0.397 e. The molecule has 0 saturated carbocycles. The number of amides is 1. The monoisotopic (exact) mass is 492 g/mol. The Morgan fingerprint density at radius 2 is 2.17 bits per heavy atom. The molecule has 0 radical (unpaired) electrons. The molecule has 3 aromatic heterocycles. The Morgan fingerprint density at radius 3 is 2.97 bits per heavy atom. The van der Waals surface area contributed by atoms with E-state index in [9.17, 15) is 4.79 Å². The Morgan fingerprint density at radius 1 is 1.31 bits per heavy atom. The largest absolute Gasteiger partial charge is 0.397 e. The summed E-state index contributed by atoms with van der Waals surface area (Å²) in [6.07, 6.45) is 4.55. The SMILES string of the molecule is Cc1cc(C)c2c(N)c(C(=O)NC3CCc4nc(N5CC(N)C6(CCCO6)C5)ccc4C3)sc2n1. The van der Waals surface area contributed by atoms with E-state index < -0.39 is 0 Å². The lowest BCUT2D eigenvalue weighted by Crippen LogP contribution is -2.46. The zero-order chi connectivity index (χ0) is 24.3. The van der Waals surface area contributed by atoms with Crippen molar-refractivity contribution < 1.29 is 9.53 Å². The number of hydrogen-bond acceptors (Lipinski definition) is 8. The van der Waals surface area contributed by atoms with Gasteiger partial charge in [0.25, 0.3) is 5.91 Å². The highest BCUT2D eigenvalue weighted by Gasteiger charge is 2.48. The number of carbonyl (C=O) groups is 1. The molecule has 3 unspecified atom stereocenters. The topological polar surface area (TPSA) is 119 Å². The van der Waals surface area contributed by atoms with E-state index in [-0.39, 0.29) is 23.6 Å². The molecule has 2 saturated heterocycles. The van der Waals surface area contributed by atoms with E-state index in [0.29, 0.717) is 10.6 Å². The van der Waals surface area contributed by atoms with Crippen molar-refractivity contribution in [2.45, 2.75) is 63.6 Å². The summed E-state index contributed by atoms with van der Waals surface area (Å²) in [7, 11) is 0. The Labute approximate surface area is 209 Å². The average molecular weight is 493 g/mol. The quantitative estimate of drug-likeness (QED) is 0.514. The van der Waals surface area contributed by atoms with Crippen LogP contribution in [0.2, 0.25) is 0 Å². The molecule has 2 aliphatic heterocycles. The van der Waals surface area contributed by atoms with Gasteiger partial charge in [-0.15, -0.1) is 11.3 Å². The number of nitrogens with zero attached hydrogens (tertiary/aromatic N) is 3. The van der Waals surface area contributed by atoms with E-state index in [0.717, 1.165) is 84.8 Å². The van der Waals surface area contributed by atoms with E-state index in [4.69, 9.17) is 21.2 Å². The predicted molar refractivity (Wildman–Crippen MR) is 139 cm³/mol. The maximum absolute atomic E-state index is 13.1. The fourth-order valence-electron chi connectivity index (χ4n) is 6.01. The van der Waals surface area contributed by atoms with Gasteiger partial charge in [0.15, 0.2) is 0 Å². The normalized spacial score (nSPS) is 26.0. The first kappa shape index (κ1) is 22.7. The number of nitrogen functional groups attached to an aromatic ring is 1. The Kier molecular flexibility index (Phi) is 5.47. The fourth-order valence-corrected chi connectivity index (χ4v) is 7.13. The van der Waals surface area contributed by atoms with Crippen molar-refractivity contribution in [2.24, 2.45) is 5.73 Å². The summed E-state index contributed by atoms with van der Waals surface area (Å²) in [4.78, 5) is 26.3. The van der Waals surface area contributed by atoms with Crippen LogP contribution in [0.3, 0.4) is 0 Å². The Hall–Kier alpha value is -2.75. The third kappa shape index (κ3) is 3.86. The number of pyridine rings is 2. The molecule has 5 heterocycles. The van der Waals surface area contributed by atoms with Crippen molar-refractivity contribution in [3.05, 3.63) is 45.6 Å². The molecule has 5 N–H and O–H groups in total. The second-order valence-electron chi connectivity index (χ2n) is 10.3. The molecular formula is C26H32N6O2S. The van der Waals surface area contributed by atoms with E-state index in [1.54, 1.807) is 0 Å². The third-order valence-electron chi connectivity index (χ3n) is 7.82. The highest BCUT2D eigenvalue weighted by molar-refractivity contribution is 7.21. The van der Waals surface area contributed by atoms with Crippen molar-refractivity contribution in [3.8, 4) is 0 Å². The zero-order valence-corrected chi connectivity index (χ0v) is 21.1. The molecule has 2 fully saturated rings. The zero-order valence-electron chi connectivity index (χ0n) is 20.3. The third-order valence-corrected chi connectivity index (χ3v) is 8.92. The highest BCUT2D eigenvalue weighted by Crippen LogP contribution is 2.37. The molecule has 3 atom stereocenters. The van der Waals surface area contributed by atoms with E-state index in [1.807, 2.05) is 19.9 Å². The lowest BCUT2D eigenvalue weighted by atomic mass is 9.91. The van der Waals surface area contributed by atoms with Gasteiger partial charge in [-0.3, -0.25) is 4.79 Å². The second kappa shape index (κ2) is 8.43. The highest BCUT2D eigenvalue weighted by atomic mass is 32.1. The number of aryl methyl sites for hydroxylation is 3. The number of nitrogens with two attached hydrogens (primary N) is 2. The molecule has 35 heavy (non-hydrogen) atoms. The number of hydrogen-bond donors (Lipinski definition) is 3. The molecule has 6 rings (SSSR count). The first-order valence-electron chi connectivity index (χ1n) is 12.4. The minimum absolute atomic E-state index is 0.0201. The second-order valence-corrected chi connectivity index (χ2v) is 11.3. The van der Waals surface area contributed by atoms with Gasteiger partial charge in [0, 0.05) is 36.0 Å². The van der Waals surface area contributed by atoms with Crippen molar-refractivity contribution in [3.63, 3.8) is 0 Å². The summed E-state index contributed by atoms with van der Waals surface area (Å²) in [6, 6.07) is 6.32. The number of ether oxygens (including phenoxy) is 1. The van der Waals surface area contributed by atoms with Crippen molar-refractivity contribution in [2.75, 3.05) is 30.3 Å². The van der Waals surface area contributed by atoms with E-state index in [1.165, 1.54) is 16.9 Å². The van der Waals surface area contributed by atoms with Crippen LogP contribution in [0.15, 0.2) is 18.2 Å². The molecule has 1 spiro atoms. The number of aromatic nitrogens is 2. The number of carbonyl (C=O) groups excluding carboxylic acids is 1. The number of fused-ring (bicyclic) bond motifs is 2. The van der Waals surface area contributed by atoms with Gasteiger partial charge in [-0.1, -0.05) is 6.07 Å². The van der Waals surface area contributed by atoms with Crippen molar-refractivity contribution in [1.82, 2.24) is 15.3 Å². The summed E-state index contributed by atoms with van der Waals surface area (Å²) in [5.74, 6) is 0.860. The van der Waals surface area contributed by atoms with Gasteiger partial charge in [0.1, 0.15) is 21.1 Å². The molecular weight excluding hydrogens is 460 g/mol.